The highest BCUT2D eigenvalue weighted by atomic mass is 35.5. The van der Waals surface area contributed by atoms with E-state index in [9.17, 15) is 27.1 Å². The molecule has 144 valence electrons. The molecule has 0 atom stereocenters. The van der Waals surface area contributed by atoms with Gasteiger partial charge in [-0.1, -0.05) is 11.6 Å². The SMILES string of the molecule is O=C(c1cc(Cl)ccc1O)N1CCN(S(=O)(=O)c2cc(F)ccc2F)CC1. The molecule has 1 amide bonds. The van der Waals surface area contributed by atoms with E-state index >= 15 is 0 Å². The molecular weight excluding hydrogens is 402 g/mol. The normalized spacial score (nSPS) is 15.7. The largest absolute Gasteiger partial charge is 0.507 e. The number of carbonyl (C=O) groups excluding carboxylic acids is 1. The second-order valence-electron chi connectivity index (χ2n) is 5.93. The first-order valence-corrected chi connectivity index (χ1v) is 9.75. The number of halogens is 3. The molecule has 27 heavy (non-hydrogen) atoms. The minimum absolute atomic E-state index is 0.00924. The van der Waals surface area contributed by atoms with Crippen molar-refractivity contribution in [2.75, 3.05) is 26.2 Å². The van der Waals surface area contributed by atoms with Gasteiger partial charge in [-0.3, -0.25) is 4.79 Å². The molecule has 0 radical (unpaired) electrons. The topological polar surface area (TPSA) is 77.9 Å². The standard InChI is InChI=1S/C17H15ClF2N2O4S/c18-11-1-4-15(23)13(9-11)17(24)21-5-7-22(8-6-21)27(25,26)16-10-12(19)2-3-14(16)20/h1-4,9-10,23H,5-8H2. The number of aromatic hydroxyl groups is 1. The summed E-state index contributed by atoms with van der Waals surface area (Å²) in [6, 6.07) is 6.28. The molecule has 0 unspecified atom stereocenters. The van der Waals surface area contributed by atoms with Crippen LogP contribution < -0.4 is 0 Å². The van der Waals surface area contributed by atoms with Crippen LogP contribution in [0.4, 0.5) is 8.78 Å². The summed E-state index contributed by atoms with van der Waals surface area (Å²) in [7, 11) is -4.23. The van der Waals surface area contributed by atoms with Crippen LogP contribution >= 0.6 is 11.6 Å². The molecular formula is C17H15ClF2N2O4S. The van der Waals surface area contributed by atoms with Crippen LogP contribution in [0.15, 0.2) is 41.3 Å². The van der Waals surface area contributed by atoms with E-state index in [4.69, 9.17) is 11.6 Å². The number of rotatable bonds is 3. The van der Waals surface area contributed by atoms with Crippen molar-refractivity contribution >= 4 is 27.5 Å². The number of nitrogens with zero attached hydrogens (tertiary/aromatic N) is 2. The first-order chi connectivity index (χ1) is 12.7. The monoisotopic (exact) mass is 416 g/mol. The number of piperazine rings is 1. The fourth-order valence-corrected chi connectivity index (χ4v) is 4.47. The Hall–Kier alpha value is -2.23. The minimum atomic E-state index is -4.23. The number of phenolic OH excluding ortho intramolecular Hbond substituents is 1. The summed E-state index contributed by atoms with van der Waals surface area (Å²) in [5, 5.41) is 10.1. The molecule has 10 heteroatoms. The lowest BCUT2D eigenvalue weighted by Gasteiger charge is -2.34. The second-order valence-corrected chi connectivity index (χ2v) is 8.28. The van der Waals surface area contributed by atoms with Gasteiger partial charge in [0, 0.05) is 31.2 Å². The first kappa shape index (κ1) is 19.5. The number of hydrogen-bond acceptors (Lipinski definition) is 4. The van der Waals surface area contributed by atoms with Crippen LogP contribution in [-0.4, -0.2) is 54.8 Å². The van der Waals surface area contributed by atoms with Gasteiger partial charge in [-0.25, -0.2) is 17.2 Å². The molecule has 3 rings (SSSR count). The molecule has 1 saturated heterocycles. The Balaban J connectivity index is 1.76. The number of carbonyl (C=O) groups is 1. The molecule has 1 heterocycles. The Morgan fingerprint density at radius 3 is 2.37 bits per heavy atom. The highest BCUT2D eigenvalue weighted by Gasteiger charge is 2.33. The third-order valence-corrected chi connectivity index (χ3v) is 6.37. The zero-order valence-electron chi connectivity index (χ0n) is 13.9. The lowest BCUT2D eigenvalue weighted by Crippen LogP contribution is -2.50. The molecule has 0 spiro atoms. The summed E-state index contributed by atoms with van der Waals surface area (Å²) in [6.45, 7) is -0.126. The third kappa shape index (κ3) is 3.90. The molecule has 0 aliphatic carbocycles. The number of benzene rings is 2. The van der Waals surface area contributed by atoms with E-state index in [2.05, 4.69) is 0 Å². The van der Waals surface area contributed by atoms with E-state index in [0.29, 0.717) is 6.07 Å². The molecule has 0 aromatic heterocycles. The third-order valence-electron chi connectivity index (χ3n) is 4.23. The van der Waals surface area contributed by atoms with Crippen LogP contribution in [0, 0.1) is 11.6 Å². The van der Waals surface area contributed by atoms with Gasteiger partial charge in [0.25, 0.3) is 5.91 Å². The van der Waals surface area contributed by atoms with Crippen molar-refractivity contribution < 1.29 is 27.1 Å². The fourth-order valence-electron chi connectivity index (χ4n) is 2.80. The fraction of sp³-hybridized carbons (Fsp3) is 0.235. The molecule has 1 aliphatic rings. The maximum Gasteiger partial charge on any atom is 0.257 e. The number of phenols is 1. The Bertz CT molecular complexity index is 992. The van der Waals surface area contributed by atoms with Crippen molar-refractivity contribution in [3.8, 4) is 5.75 Å². The van der Waals surface area contributed by atoms with Crippen molar-refractivity contribution in [2.45, 2.75) is 4.90 Å². The number of sulfonamides is 1. The quantitative estimate of drug-likeness (QED) is 0.833. The maximum atomic E-state index is 13.9. The molecule has 2 aromatic carbocycles. The molecule has 6 nitrogen and oxygen atoms in total. The van der Waals surface area contributed by atoms with Gasteiger partial charge < -0.3 is 10.0 Å². The van der Waals surface area contributed by atoms with E-state index in [-0.39, 0.29) is 42.5 Å². The van der Waals surface area contributed by atoms with Gasteiger partial charge in [0.2, 0.25) is 10.0 Å². The summed E-state index contributed by atoms with van der Waals surface area (Å²) in [5.74, 6) is -2.63. The van der Waals surface area contributed by atoms with Gasteiger partial charge in [0.15, 0.2) is 0 Å². The highest BCUT2D eigenvalue weighted by Crippen LogP contribution is 2.25. The van der Waals surface area contributed by atoms with E-state index in [1.54, 1.807) is 0 Å². The summed E-state index contributed by atoms with van der Waals surface area (Å²) in [4.78, 5) is 13.1. The van der Waals surface area contributed by atoms with Gasteiger partial charge in [-0.05, 0) is 36.4 Å². The van der Waals surface area contributed by atoms with Crippen molar-refractivity contribution in [3.05, 3.63) is 58.6 Å². The highest BCUT2D eigenvalue weighted by molar-refractivity contribution is 7.89. The van der Waals surface area contributed by atoms with Gasteiger partial charge in [-0.2, -0.15) is 4.31 Å². The molecule has 1 aliphatic heterocycles. The summed E-state index contributed by atoms with van der Waals surface area (Å²) >= 11 is 5.84. The van der Waals surface area contributed by atoms with Crippen LogP contribution in [0.5, 0.6) is 5.75 Å². The maximum absolute atomic E-state index is 13.9. The van der Waals surface area contributed by atoms with Crippen molar-refractivity contribution in [1.82, 2.24) is 9.21 Å². The van der Waals surface area contributed by atoms with E-state index in [0.717, 1.165) is 16.4 Å². The van der Waals surface area contributed by atoms with Crippen molar-refractivity contribution in [2.24, 2.45) is 0 Å². The molecule has 1 N–H and O–H groups in total. The van der Waals surface area contributed by atoms with Gasteiger partial charge in [0.05, 0.1) is 5.56 Å². The molecule has 2 aromatic rings. The summed E-state index contributed by atoms with van der Waals surface area (Å²) in [5.41, 5.74) is 0.00924. The average Bonchev–Trinajstić information content (AvgIpc) is 2.65. The summed E-state index contributed by atoms with van der Waals surface area (Å²) in [6.07, 6.45) is 0. The lowest BCUT2D eigenvalue weighted by atomic mass is 10.1. The van der Waals surface area contributed by atoms with Gasteiger partial charge in [-0.15, -0.1) is 0 Å². The first-order valence-electron chi connectivity index (χ1n) is 7.93. The Morgan fingerprint density at radius 2 is 1.70 bits per heavy atom. The van der Waals surface area contributed by atoms with E-state index in [1.807, 2.05) is 0 Å². The zero-order valence-corrected chi connectivity index (χ0v) is 15.5. The number of amides is 1. The van der Waals surface area contributed by atoms with Crippen LogP contribution in [0.2, 0.25) is 5.02 Å². The summed E-state index contributed by atoms with van der Waals surface area (Å²) < 4.78 is 53.3. The van der Waals surface area contributed by atoms with Crippen LogP contribution in [-0.2, 0) is 10.0 Å². The Kier molecular flexibility index (Phi) is 5.36. The lowest BCUT2D eigenvalue weighted by molar-refractivity contribution is 0.0694. The zero-order chi connectivity index (χ0) is 19.8. The van der Waals surface area contributed by atoms with E-state index in [1.165, 1.54) is 23.1 Å². The van der Waals surface area contributed by atoms with Crippen molar-refractivity contribution in [1.29, 1.82) is 0 Å². The second kappa shape index (κ2) is 7.41. The van der Waals surface area contributed by atoms with Crippen LogP contribution in [0.25, 0.3) is 0 Å². The van der Waals surface area contributed by atoms with Crippen molar-refractivity contribution in [3.63, 3.8) is 0 Å². The smallest absolute Gasteiger partial charge is 0.257 e. The Morgan fingerprint density at radius 1 is 1.04 bits per heavy atom. The molecule has 1 fully saturated rings. The average molecular weight is 417 g/mol. The number of hydrogen-bond donors (Lipinski definition) is 1. The predicted octanol–water partition coefficient (Wildman–Crippen LogP) is 2.47. The predicted molar refractivity (Wildman–Crippen MR) is 94.1 cm³/mol. The van der Waals surface area contributed by atoms with Crippen LogP contribution in [0.1, 0.15) is 10.4 Å². The van der Waals surface area contributed by atoms with Crippen LogP contribution in [0.3, 0.4) is 0 Å². The van der Waals surface area contributed by atoms with Gasteiger partial charge in [0.1, 0.15) is 22.3 Å². The Labute approximate surface area is 159 Å². The van der Waals surface area contributed by atoms with Gasteiger partial charge >= 0.3 is 0 Å². The van der Waals surface area contributed by atoms with E-state index < -0.39 is 32.5 Å². The molecule has 0 bridgehead atoms. The molecule has 0 saturated carbocycles. The minimum Gasteiger partial charge on any atom is -0.507 e.